The van der Waals surface area contributed by atoms with E-state index in [1.165, 1.54) is 5.56 Å². The van der Waals surface area contributed by atoms with Crippen LogP contribution < -0.4 is 9.80 Å². The summed E-state index contributed by atoms with van der Waals surface area (Å²) in [5, 5.41) is 0. The molecular formula is C22H29N5O2. The van der Waals surface area contributed by atoms with E-state index in [2.05, 4.69) is 63.0 Å². The molecule has 7 nitrogen and oxygen atoms in total. The molecule has 2 aromatic rings. The van der Waals surface area contributed by atoms with Crippen molar-refractivity contribution in [2.75, 3.05) is 69.0 Å². The van der Waals surface area contributed by atoms with E-state index < -0.39 is 0 Å². The largest absolute Gasteiger partial charge is 0.378 e. The molecule has 7 heteroatoms. The second-order valence-corrected chi connectivity index (χ2v) is 8.07. The average molecular weight is 396 g/mol. The molecule has 0 spiro atoms. The number of aromatic nitrogens is 2. The van der Waals surface area contributed by atoms with Crippen LogP contribution in [0.4, 0.5) is 11.8 Å². The molecule has 0 aliphatic carbocycles. The first-order valence-corrected chi connectivity index (χ1v) is 10.6. The monoisotopic (exact) mass is 395 g/mol. The molecule has 0 saturated carbocycles. The molecule has 1 aromatic heterocycles. The number of benzene rings is 1. The lowest BCUT2D eigenvalue weighted by Crippen LogP contribution is -2.59. The minimum atomic E-state index is 0.341. The van der Waals surface area contributed by atoms with Crippen molar-refractivity contribution in [3.05, 3.63) is 47.7 Å². The fourth-order valence-corrected chi connectivity index (χ4v) is 4.61. The number of ether oxygens (including phenoxy) is 2. The van der Waals surface area contributed by atoms with Crippen LogP contribution in [0.15, 0.2) is 36.4 Å². The van der Waals surface area contributed by atoms with E-state index in [0.717, 1.165) is 76.6 Å². The smallest absolute Gasteiger partial charge is 0.227 e. The van der Waals surface area contributed by atoms with Gasteiger partial charge >= 0.3 is 0 Å². The maximum atomic E-state index is 6.01. The van der Waals surface area contributed by atoms with Gasteiger partial charge in [-0.05, 0) is 12.5 Å². The van der Waals surface area contributed by atoms with Gasteiger partial charge in [-0.2, -0.15) is 4.98 Å². The van der Waals surface area contributed by atoms with Crippen molar-refractivity contribution in [2.24, 2.45) is 0 Å². The zero-order chi connectivity index (χ0) is 19.6. The molecule has 5 rings (SSSR count). The summed E-state index contributed by atoms with van der Waals surface area (Å²) in [5.41, 5.74) is 2.36. The van der Waals surface area contributed by atoms with Gasteiger partial charge in [0.15, 0.2) is 0 Å². The second kappa shape index (κ2) is 8.26. The number of nitrogens with zero attached hydrogens (tertiary/aromatic N) is 5. The topological polar surface area (TPSA) is 54.0 Å². The van der Waals surface area contributed by atoms with E-state index in [4.69, 9.17) is 14.5 Å². The van der Waals surface area contributed by atoms with E-state index >= 15 is 0 Å². The molecule has 0 amide bonds. The Bertz CT molecular complexity index is 827. The lowest BCUT2D eigenvalue weighted by molar-refractivity contribution is -0.0548. The van der Waals surface area contributed by atoms with Crippen LogP contribution >= 0.6 is 0 Å². The Labute approximate surface area is 172 Å². The van der Waals surface area contributed by atoms with Crippen LogP contribution in [-0.4, -0.2) is 80.1 Å². The predicted octanol–water partition coefficient (Wildman–Crippen LogP) is 1.88. The van der Waals surface area contributed by atoms with Gasteiger partial charge in [-0.3, -0.25) is 4.90 Å². The van der Waals surface area contributed by atoms with Gasteiger partial charge < -0.3 is 19.3 Å². The lowest BCUT2D eigenvalue weighted by Gasteiger charge is -2.48. The standard InChI is InChI=1S/C22H29N5O2/c1-17-13-21(24-22(23-17)25-9-11-28-12-10-25)26-7-8-27-19(14-26)15-29-16-20(27)18-5-3-2-4-6-18/h2-6,13,19-20H,7-12,14-16H2,1H3/t19-,20-/m1/s1. The molecule has 0 unspecified atom stereocenters. The molecule has 4 heterocycles. The molecule has 0 N–H and O–H groups in total. The first-order chi connectivity index (χ1) is 14.3. The highest BCUT2D eigenvalue weighted by Gasteiger charge is 2.36. The van der Waals surface area contributed by atoms with Crippen LogP contribution in [0.1, 0.15) is 17.3 Å². The Morgan fingerprint density at radius 3 is 2.55 bits per heavy atom. The van der Waals surface area contributed by atoms with Gasteiger partial charge in [0.05, 0.1) is 38.5 Å². The Hall–Kier alpha value is -2.22. The van der Waals surface area contributed by atoms with Crippen LogP contribution in [0, 0.1) is 6.92 Å². The highest BCUT2D eigenvalue weighted by atomic mass is 16.5. The molecule has 29 heavy (non-hydrogen) atoms. The van der Waals surface area contributed by atoms with Crippen LogP contribution in [0.5, 0.6) is 0 Å². The summed E-state index contributed by atoms with van der Waals surface area (Å²) < 4.78 is 11.5. The molecular weight excluding hydrogens is 366 g/mol. The van der Waals surface area contributed by atoms with Gasteiger partial charge in [-0.25, -0.2) is 4.98 Å². The number of hydrogen-bond acceptors (Lipinski definition) is 7. The fourth-order valence-electron chi connectivity index (χ4n) is 4.61. The Morgan fingerprint density at radius 2 is 1.72 bits per heavy atom. The number of anilines is 2. The highest BCUT2D eigenvalue weighted by molar-refractivity contribution is 5.47. The summed E-state index contributed by atoms with van der Waals surface area (Å²) >= 11 is 0. The molecule has 3 aliphatic rings. The molecule has 154 valence electrons. The molecule has 3 saturated heterocycles. The number of fused-ring (bicyclic) bond motifs is 1. The van der Waals surface area contributed by atoms with Crippen LogP contribution in [0.25, 0.3) is 0 Å². The predicted molar refractivity (Wildman–Crippen MR) is 113 cm³/mol. The van der Waals surface area contributed by atoms with Crippen molar-refractivity contribution in [3.8, 4) is 0 Å². The molecule has 3 fully saturated rings. The Morgan fingerprint density at radius 1 is 0.897 bits per heavy atom. The SMILES string of the molecule is Cc1cc(N2CCN3[C@@H](COC[C@@H]3c3ccccc3)C2)nc(N2CCOCC2)n1. The van der Waals surface area contributed by atoms with Crippen molar-refractivity contribution in [1.29, 1.82) is 0 Å². The average Bonchev–Trinajstić information content (AvgIpc) is 2.79. The van der Waals surface area contributed by atoms with Gasteiger partial charge in [0.2, 0.25) is 5.95 Å². The zero-order valence-corrected chi connectivity index (χ0v) is 17.0. The Balaban J connectivity index is 1.33. The van der Waals surface area contributed by atoms with Crippen LogP contribution in [0.3, 0.4) is 0 Å². The third kappa shape index (κ3) is 3.95. The maximum Gasteiger partial charge on any atom is 0.227 e. The van der Waals surface area contributed by atoms with Crippen molar-refractivity contribution < 1.29 is 9.47 Å². The first kappa shape index (κ1) is 18.8. The van der Waals surface area contributed by atoms with Gasteiger partial charge in [-0.1, -0.05) is 30.3 Å². The zero-order valence-electron chi connectivity index (χ0n) is 17.0. The van der Waals surface area contributed by atoms with E-state index in [1.807, 2.05) is 0 Å². The number of piperazine rings is 1. The summed E-state index contributed by atoms with van der Waals surface area (Å²) in [6.45, 7) is 9.72. The van der Waals surface area contributed by atoms with Crippen molar-refractivity contribution in [2.45, 2.75) is 19.0 Å². The minimum absolute atomic E-state index is 0.341. The van der Waals surface area contributed by atoms with Gasteiger partial charge in [0.1, 0.15) is 5.82 Å². The summed E-state index contributed by atoms with van der Waals surface area (Å²) in [6.07, 6.45) is 0. The van der Waals surface area contributed by atoms with Crippen molar-refractivity contribution in [1.82, 2.24) is 14.9 Å². The maximum absolute atomic E-state index is 6.01. The third-order valence-corrected chi connectivity index (χ3v) is 6.15. The molecule has 0 bridgehead atoms. The van der Waals surface area contributed by atoms with Gasteiger partial charge in [-0.15, -0.1) is 0 Å². The summed E-state index contributed by atoms with van der Waals surface area (Å²) in [4.78, 5) is 16.8. The van der Waals surface area contributed by atoms with Crippen LogP contribution in [0.2, 0.25) is 0 Å². The third-order valence-electron chi connectivity index (χ3n) is 6.15. The molecule has 2 atom stereocenters. The van der Waals surface area contributed by atoms with E-state index in [-0.39, 0.29) is 0 Å². The van der Waals surface area contributed by atoms with E-state index in [1.54, 1.807) is 0 Å². The normalized spacial score (nSPS) is 25.7. The number of aryl methyl sites for hydroxylation is 1. The van der Waals surface area contributed by atoms with E-state index in [0.29, 0.717) is 12.1 Å². The molecule has 3 aliphatic heterocycles. The molecule has 1 aromatic carbocycles. The second-order valence-electron chi connectivity index (χ2n) is 8.07. The van der Waals surface area contributed by atoms with Gasteiger partial charge in [0, 0.05) is 44.5 Å². The number of rotatable bonds is 3. The quantitative estimate of drug-likeness (QED) is 0.787. The Kier molecular flexibility index (Phi) is 5.35. The highest BCUT2D eigenvalue weighted by Crippen LogP contribution is 2.31. The number of morpholine rings is 2. The van der Waals surface area contributed by atoms with Crippen molar-refractivity contribution in [3.63, 3.8) is 0 Å². The first-order valence-electron chi connectivity index (χ1n) is 10.6. The van der Waals surface area contributed by atoms with Crippen LogP contribution in [-0.2, 0) is 9.47 Å². The summed E-state index contributed by atoms with van der Waals surface area (Å²) in [6, 6.07) is 13.6. The lowest BCUT2D eigenvalue weighted by atomic mass is 10.00. The van der Waals surface area contributed by atoms with E-state index in [9.17, 15) is 0 Å². The minimum Gasteiger partial charge on any atom is -0.378 e. The molecule has 0 radical (unpaired) electrons. The van der Waals surface area contributed by atoms with Gasteiger partial charge in [0.25, 0.3) is 0 Å². The number of hydrogen-bond donors (Lipinski definition) is 0. The summed E-state index contributed by atoms with van der Waals surface area (Å²) in [7, 11) is 0. The fraction of sp³-hybridized carbons (Fsp3) is 0.545. The van der Waals surface area contributed by atoms with Crippen molar-refractivity contribution >= 4 is 11.8 Å². The summed E-state index contributed by atoms with van der Waals surface area (Å²) in [5.74, 6) is 1.85.